The number of piperidine rings is 1. The topological polar surface area (TPSA) is 49.4 Å². The zero-order valence-corrected chi connectivity index (χ0v) is 17.0. The third kappa shape index (κ3) is 3.94. The molecular formula is C23H21BrN2O2. The molecule has 1 N–H and O–H groups in total. The lowest BCUT2D eigenvalue weighted by Crippen LogP contribution is -2.46. The third-order valence-electron chi connectivity index (χ3n) is 5.24. The summed E-state index contributed by atoms with van der Waals surface area (Å²) in [4.78, 5) is 27.3. The number of likely N-dealkylation sites (tertiary alicyclic amines) is 1. The van der Waals surface area contributed by atoms with Crippen molar-refractivity contribution in [2.24, 2.45) is 0 Å². The normalized spacial score (nSPS) is 14.8. The molecule has 4 nitrogen and oxygen atoms in total. The molecule has 0 saturated carbocycles. The Kier molecular flexibility index (Phi) is 5.44. The molecule has 1 aliphatic heterocycles. The number of nitrogens with zero attached hydrogens (tertiary/aromatic N) is 1. The van der Waals surface area contributed by atoms with E-state index in [1.54, 1.807) is 0 Å². The Bertz CT molecular complexity index is 1000. The van der Waals surface area contributed by atoms with Crippen molar-refractivity contribution in [3.63, 3.8) is 0 Å². The summed E-state index contributed by atoms with van der Waals surface area (Å²) in [6.45, 7) is 1.30. The molecular weight excluding hydrogens is 416 g/mol. The van der Waals surface area contributed by atoms with Crippen LogP contribution in [0, 0.1) is 0 Å². The van der Waals surface area contributed by atoms with Gasteiger partial charge in [0.15, 0.2) is 0 Å². The lowest BCUT2D eigenvalue weighted by molar-refractivity contribution is 0.0698. The Labute approximate surface area is 172 Å². The van der Waals surface area contributed by atoms with Gasteiger partial charge in [-0.15, -0.1) is 0 Å². The molecule has 1 heterocycles. The summed E-state index contributed by atoms with van der Waals surface area (Å²) in [7, 11) is 0. The van der Waals surface area contributed by atoms with Crippen LogP contribution in [0.5, 0.6) is 0 Å². The maximum atomic E-state index is 12.8. The van der Waals surface area contributed by atoms with Gasteiger partial charge in [0.25, 0.3) is 11.8 Å². The summed E-state index contributed by atoms with van der Waals surface area (Å²) in [6.07, 6.45) is 1.53. The second-order valence-corrected chi connectivity index (χ2v) is 7.99. The van der Waals surface area contributed by atoms with E-state index in [0.29, 0.717) is 24.2 Å². The van der Waals surface area contributed by atoms with Crippen LogP contribution >= 0.6 is 15.9 Å². The highest BCUT2D eigenvalue weighted by molar-refractivity contribution is 9.10. The molecule has 3 aromatic rings. The van der Waals surface area contributed by atoms with Gasteiger partial charge in [-0.2, -0.15) is 0 Å². The molecule has 0 unspecified atom stereocenters. The van der Waals surface area contributed by atoms with Crippen molar-refractivity contribution >= 4 is 38.5 Å². The molecule has 0 aromatic heterocycles. The summed E-state index contributed by atoms with van der Waals surface area (Å²) in [5.41, 5.74) is 1.40. The second kappa shape index (κ2) is 8.15. The quantitative estimate of drug-likeness (QED) is 0.649. The van der Waals surface area contributed by atoms with Crippen LogP contribution in [0.4, 0.5) is 0 Å². The highest BCUT2D eigenvalue weighted by atomic mass is 79.9. The van der Waals surface area contributed by atoms with Crippen LogP contribution in [-0.2, 0) is 0 Å². The minimum Gasteiger partial charge on any atom is -0.349 e. The largest absolute Gasteiger partial charge is 0.349 e. The van der Waals surface area contributed by atoms with E-state index in [1.807, 2.05) is 71.6 Å². The summed E-state index contributed by atoms with van der Waals surface area (Å²) >= 11 is 3.39. The van der Waals surface area contributed by atoms with Crippen LogP contribution in [-0.4, -0.2) is 35.8 Å². The zero-order chi connectivity index (χ0) is 19.5. The molecule has 0 aliphatic carbocycles. The highest BCUT2D eigenvalue weighted by Gasteiger charge is 2.25. The fraction of sp³-hybridized carbons (Fsp3) is 0.217. The summed E-state index contributed by atoms with van der Waals surface area (Å²) in [5, 5.41) is 5.17. The Balaban J connectivity index is 1.38. The standard InChI is InChI=1S/C23H21BrN2O2/c24-18-10-8-17(9-11-18)23(28)26-14-12-19(13-15-26)25-22(27)21-7-3-5-16-4-1-2-6-20(16)21/h1-11,19H,12-15H2,(H,25,27). The van der Waals surface area contributed by atoms with E-state index in [4.69, 9.17) is 0 Å². The fourth-order valence-corrected chi connectivity index (χ4v) is 3.95. The minimum atomic E-state index is -0.0468. The predicted octanol–water partition coefficient (Wildman–Crippen LogP) is 4.64. The van der Waals surface area contributed by atoms with Crippen molar-refractivity contribution in [2.75, 3.05) is 13.1 Å². The molecule has 2 amide bonds. The van der Waals surface area contributed by atoms with Gasteiger partial charge in [0.2, 0.25) is 0 Å². The third-order valence-corrected chi connectivity index (χ3v) is 5.77. The maximum absolute atomic E-state index is 12.8. The lowest BCUT2D eigenvalue weighted by atomic mass is 10.0. The van der Waals surface area contributed by atoms with Crippen LogP contribution in [0.3, 0.4) is 0 Å². The highest BCUT2D eigenvalue weighted by Crippen LogP contribution is 2.20. The number of carbonyl (C=O) groups excluding carboxylic acids is 2. The smallest absolute Gasteiger partial charge is 0.253 e. The first kappa shape index (κ1) is 18.7. The van der Waals surface area contributed by atoms with Crippen molar-refractivity contribution in [3.05, 3.63) is 82.3 Å². The van der Waals surface area contributed by atoms with Gasteiger partial charge in [-0.3, -0.25) is 9.59 Å². The number of fused-ring (bicyclic) bond motifs is 1. The molecule has 4 rings (SSSR count). The van der Waals surface area contributed by atoms with Crippen LogP contribution < -0.4 is 5.32 Å². The Morgan fingerprint density at radius 3 is 2.32 bits per heavy atom. The van der Waals surface area contributed by atoms with Gasteiger partial charge in [-0.05, 0) is 53.9 Å². The van der Waals surface area contributed by atoms with E-state index in [2.05, 4.69) is 21.2 Å². The van der Waals surface area contributed by atoms with Crippen molar-refractivity contribution < 1.29 is 9.59 Å². The maximum Gasteiger partial charge on any atom is 0.253 e. The van der Waals surface area contributed by atoms with Gasteiger partial charge in [-0.1, -0.05) is 52.3 Å². The number of hydrogen-bond donors (Lipinski definition) is 1. The van der Waals surface area contributed by atoms with Gasteiger partial charge in [0, 0.05) is 34.7 Å². The molecule has 0 radical (unpaired) electrons. The molecule has 142 valence electrons. The van der Waals surface area contributed by atoms with E-state index < -0.39 is 0 Å². The average molecular weight is 437 g/mol. The van der Waals surface area contributed by atoms with E-state index in [-0.39, 0.29) is 17.9 Å². The van der Waals surface area contributed by atoms with Gasteiger partial charge >= 0.3 is 0 Å². The van der Waals surface area contributed by atoms with Gasteiger partial charge in [-0.25, -0.2) is 0 Å². The van der Waals surface area contributed by atoms with E-state index >= 15 is 0 Å². The molecule has 1 saturated heterocycles. The number of carbonyl (C=O) groups is 2. The molecule has 1 aliphatic rings. The molecule has 28 heavy (non-hydrogen) atoms. The number of rotatable bonds is 3. The van der Waals surface area contributed by atoms with Crippen molar-refractivity contribution in [2.45, 2.75) is 18.9 Å². The number of benzene rings is 3. The summed E-state index contributed by atoms with van der Waals surface area (Å²) in [5.74, 6) is 0.000756. The van der Waals surface area contributed by atoms with E-state index in [9.17, 15) is 9.59 Å². The Morgan fingerprint density at radius 2 is 1.57 bits per heavy atom. The molecule has 3 aromatic carbocycles. The van der Waals surface area contributed by atoms with Crippen LogP contribution in [0.15, 0.2) is 71.2 Å². The second-order valence-electron chi connectivity index (χ2n) is 7.07. The zero-order valence-electron chi connectivity index (χ0n) is 15.4. The predicted molar refractivity (Wildman–Crippen MR) is 114 cm³/mol. The van der Waals surface area contributed by atoms with Gasteiger partial charge in [0.1, 0.15) is 0 Å². The van der Waals surface area contributed by atoms with Crippen LogP contribution in [0.1, 0.15) is 33.6 Å². The van der Waals surface area contributed by atoms with Crippen molar-refractivity contribution in [1.82, 2.24) is 10.2 Å². The molecule has 1 fully saturated rings. The van der Waals surface area contributed by atoms with E-state index in [1.165, 1.54) is 0 Å². The fourth-order valence-electron chi connectivity index (χ4n) is 3.69. The Hall–Kier alpha value is -2.66. The minimum absolute atomic E-state index is 0.0468. The number of amides is 2. The van der Waals surface area contributed by atoms with Crippen molar-refractivity contribution in [3.8, 4) is 0 Å². The molecule has 0 bridgehead atoms. The van der Waals surface area contributed by atoms with Crippen molar-refractivity contribution in [1.29, 1.82) is 0 Å². The number of halogens is 1. The monoisotopic (exact) mass is 436 g/mol. The molecule has 0 atom stereocenters. The first-order valence-electron chi connectivity index (χ1n) is 9.45. The summed E-state index contributed by atoms with van der Waals surface area (Å²) < 4.78 is 0.957. The van der Waals surface area contributed by atoms with E-state index in [0.717, 1.165) is 28.1 Å². The first-order chi connectivity index (χ1) is 13.6. The summed E-state index contributed by atoms with van der Waals surface area (Å²) in [6, 6.07) is 21.2. The SMILES string of the molecule is O=C(NC1CCN(C(=O)c2ccc(Br)cc2)CC1)c1cccc2ccccc12. The Morgan fingerprint density at radius 1 is 0.893 bits per heavy atom. The lowest BCUT2D eigenvalue weighted by Gasteiger charge is -2.32. The van der Waals surface area contributed by atoms with Crippen LogP contribution in [0.25, 0.3) is 10.8 Å². The molecule has 5 heteroatoms. The van der Waals surface area contributed by atoms with Gasteiger partial charge < -0.3 is 10.2 Å². The molecule has 0 spiro atoms. The first-order valence-corrected chi connectivity index (χ1v) is 10.2. The number of nitrogens with one attached hydrogen (secondary N) is 1. The number of hydrogen-bond acceptors (Lipinski definition) is 2. The van der Waals surface area contributed by atoms with Gasteiger partial charge in [0.05, 0.1) is 0 Å². The van der Waals surface area contributed by atoms with Crippen LogP contribution in [0.2, 0.25) is 0 Å². The average Bonchev–Trinajstić information content (AvgIpc) is 2.74.